The van der Waals surface area contributed by atoms with Crippen molar-refractivity contribution in [2.24, 2.45) is 0 Å². The fourth-order valence-corrected chi connectivity index (χ4v) is 3.73. The van der Waals surface area contributed by atoms with Gasteiger partial charge in [0.25, 0.3) is 0 Å². The molecular weight excluding hydrogens is 316 g/mol. The zero-order chi connectivity index (χ0) is 15.1. The van der Waals surface area contributed by atoms with Crippen molar-refractivity contribution in [1.29, 1.82) is 0 Å². The number of aromatic amines is 1. The molecule has 6 nitrogen and oxygen atoms in total. The Labute approximate surface area is 134 Å². The first-order valence-electron chi connectivity index (χ1n) is 6.62. The van der Waals surface area contributed by atoms with Crippen LogP contribution in [-0.4, -0.2) is 31.4 Å². The van der Waals surface area contributed by atoms with Crippen LogP contribution >= 0.6 is 23.1 Å². The van der Waals surface area contributed by atoms with Gasteiger partial charge in [0.05, 0.1) is 20.6 Å². The molecule has 0 radical (unpaired) electrons. The van der Waals surface area contributed by atoms with E-state index in [1.54, 1.807) is 23.1 Å². The first-order chi connectivity index (χ1) is 10.7. The van der Waals surface area contributed by atoms with Crippen molar-refractivity contribution >= 4 is 55.9 Å². The molecule has 0 unspecified atom stereocenters. The second kappa shape index (κ2) is 5.22. The Morgan fingerprint density at radius 3 is 3.05 bits per heavy atom. The number of aryl methyl sites for hydroxylation is 1. The van der Waals surface area contributed by atoms with E-state index in [1.807, 2.05) is 25.3 Å². The van der Waals surface area contributed by atoms with Gasteiger partial charge in [0.15, 0.2) is 5.65 Å². The quantitative estimate of drug-likeness (QED) is 0.558. The van der Waals surface area contributed by atoms with E-state index in [-0.39, 0.29) is 0 Å². The molecule has 0 aliphatic rings. The Morgan fingerprint density at radius 1 is 1.27 bits per heavy atom. The molecule has 0 fully saturated rings. The highest BCUT2D eigenvalue weighted by Crippen LogP contribution is 2.31. The molecule has 0 saturated heterocycles. The number of fused-ring (bicyclic) bond motifs is 2. The minimum atomic E-state index is 0.733. The summed E-state index contributed by atoms with van der Waals surface area (Å²) in [6, 6.07) is 6.12. The highest BCUT2D eigenvalue weighted by atomic mass is 32.2. The number of rotatable bonds is 3. The molecule has 0 aliphatic carbocycles. The van der Waals surface area contributed by atoms with Gasteiger partial charge in [0.1, 0.15) is 17.2 Å². The molecule has 8 heteroatoms. The van der Waals surface area contributed by atoms with Gasteiger partial charge < -0.3 is 5.32 Å². The monoisotopic (exact) mass is 328 g/mol. The lowest BCUT2D eigenvalue weighted by Gasteiger charge is -2.06. The second-order valence-corrected chi connectivity index (χ2v) is 6.75. The highest BCUT2D eigenvalue weighted by Gasteiger charge is 2.12. The van der Waals surface area contributed by atoms with E-state index in [4.69, 9.17) is 0 Å². The number of thioether (sulfide) groups is 1. The van der Waals surface area contributed by atoms with Crippen LogP contribution in [0.1, 0.15) is 5.01 Å². The fraction of sp³-hybridized carbons (Fsp3) is 0.143. The molecule has 4 rings (SSSR count). The maximum atomic E-state index is 4.48. The van der Waals surface area contributed by atoms with Crippen molar-refractivity contribution in [2.75, 3.05) is 11.6 Å². The summed E-state index contributed by atoms with van der Waals surface area (Å²) < 4.78 is 1.16. The summed E-state index contributed by atoms with van der Waals surface area (Å²) >= 11 is 3.25. The summed E-state index contributed by atoms with van der Waals surface area (Å²) in [5.41, 5.74) is 2.73. The summed E-state index contributed by atoms with van der Waals surface area (Å²) in [4.78, 5) is 13.1. The van der Waals surface area contributed by atoms with Gasteiger partial charge >= 0.3 is 0 Å². The number of benzene rings is 1. The number of nitrogens with one attached hydrogen (secondary N) is 2. The third kappa shape index (κ3) is 2.20. The van der Waals surface area contributed by atoms with Crippen LogP contribution in [0.15, 0.2) is 29.6 Å². The minimum absolute atomic E-state index is 0.733. The lowest BCUT2D eigenvalue weighted by molar-refractivity contribution is 1.02. The number of hydrogen-bond acceptors (Lipinski definition) is 7. The molecule has 1 aromatic carbocycles. The molecular formula is C14H12N6S2. The minimum Gasteiger partial charge on any atom is -0.339 e. The molecule has 0 atom stereocenters. The molecule has 2 N–H and O–H groups in total. The predicted octanol–water partition coefficient (Wildman–Crippen LogP) is 3.74. The zero-order valence-corrected chi connectivity index (χ0v) is 13.5. The first kappa shape index (κ1) is 13.5. The van der Waals surface area contributed by atoms with Crippen molar-refractivity contribution in [3.05, 3.63) is 29.5 Å². The molecule has 0 amide bonds. The molecule has 22 heavy (non-hydrogen) atoms. The Bertz CT molecular complexity index is 974. The molecule has 0 spiro atoms. The topological polar surface area (TPSA) is 79.4 Å². The van der Waals surface area contributed by atoms with E-state index in [0.29, 0.717) is 0 Å². The van der Waals surface area contributed by atoms with E-state index < -0.39 is 0 Å². The third-order valence-corrected chi connectivity index (χ3v) is 4.89. The summed E-state index contributed by atoms with van der Waals surface area (Å²) in [5.74, 6) is 0.753. The van der Waals surface area contributed by atoms with Crippen molar-refractivity contribution in [2.45, 2.75) is 11.9 Å². The fourth-order valence-electron chi connectivity index (χ4n) is 2.33. The maximum absolute atomic E-state index is 4.48. The Balaban J connectivity index is 1.79. The first-order valence-corrected chi connectivity index (χ1v) is 8.66. The van der Waals surface area contributed by atoms with Crippen molar-refractivity contribution in [3.8, 4) is 0 Å². The third-order valence-electron chi connectivity index (χ3n) is 3.28. The maximum Gasteiger partial charge on any atom is 0.161 e. The van der Waals surface area contributed by atoms with Crippen LogP contribution in [-0.2, 0) is 0 Å². The normalized spacial score (nSPS) is 11.4. The molecule has 0 aliphatic heterocycles. The predicted molar refractivity (Wildman–Crippen MR) is 91.1 cm³/mol. The second-order valence-electron chi connectivity index (χ2n) is 4.72. The Morgan fingerprint density at radius 2 is 2.18 bits per heavy atom. The molecule has 110 valence electrons. The van der Waals surface area contributed by atoms with Crippen LogP contribution in [0.2, 0.25) is 0 Å². The average molecular weight is 328 g/mol. The van der Waals surface area contributed by atoms with Crippen LogP contribution in [0.25, 0.3) is 21.3 Å². The SMILES string of the molecule is CSc1n[nH]c2ncnc(Nc3ccc4nc(C)sc4c3)c12. The summed E-state index contributed by atoms with van der Waals surface area (Å²) in [7, 11) is 0. The Hall–Kier alpha value is -2.19. The van der Waals surface area contributed by atoms with E-state index in [1.165, 1.54) is 6.33 Å². The summed E-state index contributed by atoms with van der Waals surface area (Å²) in [6.07, 6.45) is 3.51. The molecule has 0 saturated carbocycles. The van der Waals surface area contributed by atoms with E-state index in [0.717, 1.165) is 42.8 Å². The lowest BCUT2D eigenvalue weighted by atomic mass is 10.3. The van der Waals surface area contributed by atoms with Crippen LogP contribution in [0.5, 0.6) is 0 Å². The van der Waals surface area contributed by atoms with Gasteiger partial charge in [0.2, 0.25) is 0 Å². The van der Waals surface area contributed by atoms with Gasteiger partial charge in [-0.15, -0.1) is 23.1 Å². The standard InChI is InChI=1S/C14H12N6S2/c1-7-17-9-4-3-8(5-10(9)22-7)18-12-11-13(16-6-15-12)19-20-14(11)21-2/h3-6H,1-2H3,(H2,15,16,18,19,20). The Kier molecular flexibility index (Phi) is 3.20. The average Bonchev–Trinajstić information content (AvgIpc) is 3.09. The van der Waals surface area contributed by atoms with Crippen LogP contribution < -0.4 is 5.32 Å². The van der Waals surface area contributed by atoms with E-state index in [2.05, 4.69) is 36.5 Å². The molecule has 3 aromatic heterocycles. The molecule has 0 bridgehead atoms. The van der Waals surface area contributed by atoms with Crippen LogP contribution in [0.4, 0.5) is 11.5 Å². The number of hydrogen-bond donors (Lipinski definition) is 2. The van der Waals surface area contributed by atoms with Crippen molar-refractivity contribution in [3.63, 3.8) is 0 Å². The number of anilines is 2. The summed E-state index contributed by atoms with van der Waals surface area (Å²) in [6.45, 7) is 2.02. The van der Waals surface area contributed by atoms with Gasteiger partial charge in [-0.2, -0.15) is 5.10 Å². The number of H-pyrrole nitrogens is 1. The largest absolute Gasteiger partial charge is 0.339 e. The molecule has 3 heterocycles. The van der Waals surface area contributed by atoms with E-state index >= 15 is 0 Å². The van der Waals surface area contributed by atoms with Crippen molar-refractivity contribution in [1.82, 2.24) is 25.1 Å². The van der Waals surface area contributed by atoms with Crippen LogP contribution in [0, 0.1) is 6.92 Å². The molecule has 4 aromatic rings. The van der Waals surface area contributed by atoms with Crippen molar-refractivity contribution < 1.29 is 0 Å². The number of thiazole rings is 1. The van der Waals surface area contributed by atoms with Gasteiger partial charge in [-0.05, 0) is 31.4 Å². The highest BCUT2D eigenvalue weighted by molar-refractivity contribution is 7.98. The number of nitrogens with zero attached hydrogens (tertiary/aromatic N) is 4. The van der Waals surface area contributed by atoms with Gasteiger partial charge in [-0.3, -0.25) is 5.10 Å². The van der Waals surface area contributed by atoms with Gasteiger partial charge in [-0.1, -0.05) is 0 Å². The van der Waals surface area contributed by atoms with Gasteiger partial charge in [-0.25, -0.2) is 15.0 Å². The number of aromatic nitrogens is 5. The zero-order valence-electron chi connectivity index (χ0n) is 11.9. The lowest BCUT2D eigenvalue weighted by Crippen LogP contribution is -1.95. The van der Waals surface area contributed by atoms with E-state index in [9.17, 15) is 0 Å². The smallest absolute Gasteiger partial charge is 0.161 e. The van der Waals surface area contributed by atoms with Gasteiger partial charge in [0, 0.05) is 5.69 Å². The van der Waals surface area contributed by atoms with Crippen LogP contribution in [0.3, 0.4) is 0 Å². The summed E-state index contributed by atoms with van der Waals surface area (Å²) in [5, 5.41) is 13.4.